The highest BCUT2D eigenvalue weighted by molar-refractivity contribution is 5.95. The second-order valence-corrected chi connectivity index (χ2v) is 18.0. The fraction of sp³-hybridized carbons (Fsp3) is 0.587. The molecule has 4 rings (SSSR count). The molecule has 0 saturated carbocycles. The normalized spacial score (nSPS) is 16.5. The Morgan fingerprint density at radius 2 is 1.21 bits per heavy atom. The fourth-order valence-corrected chi connectivity index (χ4v) is 7.92. The minimum Gasteiger partial charge on any atom is -0.465 e. The Morgan fingerprint density at radius 3 is 1.71 bits per heavy atom. The van der Waals surface area contributed by atoms with Crippen LogP contribution in [0.4, 0.5) is 9.59 Å². The standard InChI is InChI=1S/C46H67N7O9/c1-7-38(54)53-29-46(30-53)21-24-52(25-22-46)42(58)34(20-14-15-23-47-44(61)62-45(4,5)6)48-39(55)35(26-31(2)3)49-40(56)36(27-32-16-10-8-11-17-32)50-41(57)37(51-43(59)60)28-33-18-12-9-13-19-33/h8-13,16-19,31,34-37,51H,7,14-15,20-30H2,1-6H3,(H,47,61)(H,48,55)(H,49,56)(H,50,57)(H,59,60). The lowest BCUT2D eigenvalue weighted by Crippen LogP contribution is -2.63. The van der Waals surface area contributed by atoms with E-state index >= 15 is 0 Å². The third-order valence-corrected chi connectivity index (χ3v) is 11.2. The van der Waals surface area contributed by atoms with Gasteiger partial charge in [0.2, 0.25) is 29.5 Å². The summed E-state index contributed by atoms with van der Waals surface area (Å²) < 4.78 is 5.33. The second kappa shape index (κ2) is 23.0. The van der Waals surface area contributed by atoms with Crippen LogP contribution in [0.5, 0.6) is 0 Å². The molecule has 2 aromatic rings. The molecule has 0 aromatic heterocycles. The molecule has 2 aromatic carbocycles. The van der Waals surface area contributed by atoms with Gasteiger partial charge < -0.3 is 46.2 Å². The van der Waals surface area contributed by atoms with E-state index in [2.05, 4.69) is 26.6 Å². The van der Waals surface area contributed by atoms with E-state index in [1.165, 1.54) is 0 Å². The van der Waals surface area contributed by atoms with Crippen LogP contribution in [0.2, 0.25) is 0 Å². The summed E-state index contributed by atoms with van der Waals surface area (Å²) >= 11 is 0. The van der Waals surface area contributed by atoms with Crippen LogP contribution in [0, 0.1) is 11.3 Å². The van der Waals surface area contributed by atoms with Crippen LogP contribution in [0.25, 0.3) is 0 Å². The molecule has 4 atom stereocenters. The van der Waals surface area contributed by atoms with Crippen LogP contribution in [-0.4, -0.2) is 119 Å². The average molecular weight is 862 g/mol. The highest BCUT2D eigenvalue weighted by Gasteiger charge is 2.47. The van der Waals surface area contributed by atoms with Crippen molar-refractivity contribution in [2.45, 2.75) is 129 Å². The van der Waals surface area contributed by atoms with Crippen molar-refractivity contribution in [3.63, 3.8) is 0 Å². The molecule has 2 aliphatic rings. The van der Waals surface area contributed by atoms with Crippen molar-refractivity contribution in [1.29, 1.82) is 0 Å². The Hall–Kier alpha value is -5.67. The maximum absolute atomic E-state index is 14.3. The molecule has 340 valence electrons. The third kappa shape index (κ3) is 15.7. The molecule has 6 N–H and O–H groups in total. The Balaban J connectivity index is 1.50. The number of nitrogens with zero attached hydrogens (tertiary/aromatic N) is 2. The number of hydrogen-bond donors (Lipinski definition) is 6. The first kappa shape index (κ1) is 49.0. The lowest BCUT2D eigenvalue weighted by molar-refractivity contribution is -0.151. The number of alkyl carbamates (subject to hydrolysis) is 1. The first-order chi connectivity index (χ1) is 29.4. The zero-order chi connectivity index (χ0) is 45.5. The van der Waals surface area contributed by atoms with Crippen molar-refractivity contribution < 1.29 is 43.4 Å². The largest absolute Gasteiger partial charge is 0.465 e. The maximum atomic E-state index is 14.3. The Kier molecular flexibility index (Phi) is 18.1. The summed E-state index contributed by atoms with van der Waals surface area (Å²) in [6, 6.07) is 13.5. The summed E-state index contributed by atoms with van der Waals surface area (Å²) in [4.78, 5) is 96.3. The number of carbonyl (C=O) groups excluding carboxylic acids is 6. The number of piperidine rings is 1. The predicted molar refractivity (Wildman–Crippen MR) is 234 cm³/mol. The number of carboxylic acid groups (broad SMARTS) is 1. The number of carbonyl (C=O) groups is 7. The van der Waals surface area contributed by atoms with Crippen LogP contribution in [0.15, 0.2) is 60.7 Å². The third-order valence-electron chi connectivity index (χ3n) is 11.2. The number of likely N-dealkylation sites (tertiary alicyclic amines) is 2. The monoisotopic (exact) mass is 862 g/mol. The number of rotatable bonds is 20. The van der Waals surface area contributed by atoms with E-state index in [9.17, 15) is 38.7 Å². The number of ether oxygens (including phenoxy) is 1. The molecule has 0 aliphatic carbocycles. The highest BCUT2D eigenvalue weighted by Crippen LogP contribution is 2.40. The number of benzene rings is 2. The van der Waals surface area contributed by atoms with Gasteiger partial charge in [0.25, 0.3) is 0 Å². The fourth-order valence-electron chi connectivity index (χ4n) is 7.92. The van der Waals surface area contributed by atoms with Gasteiger partial charge in [0.1, 0.15) is 29.8 Å². The molecule has 16 nitrogen and oxygen atoms in total. The van der Waals surface area contributed by atoms with Crippen molar-refractivity contribution in [3.05, 3.63) is 71.8 Å². The zero-order valence-electron chi connectivity index (χ0n) is 37.2. The van der Waals surface area contributed by atoms with Gasteiger partial charge >= 0.3 is 12.2 Å². The van der Waals surface area contributed by atoms with Crippen LogP contribution in [0.3, 0.4) is 0 Å². The molecule has 4 unspecified atom stereocenters. The molecular formula is C46H67N7O9. The van der Waals surface area contributed by atoms with E-state index in [-0.39, 0.29) is 48.8 Å². The van der Waals surface area contributed by atoms with Gasteiger partial charge in [-0.1, -0.05) is 81.4 Å². The van der Waals surface area contributed by atoms with Crippen LogP contribution in [0.1, 0.15) is 97.6 Å². The van der Waals surface area contributed by atoms with Crippen molar-refractivity contribution in [1.82, 2.24) is 36.4 Å². The lowest BCUT2D eigenvalue weighted by atomic mass is 9.71. The van der Waals surface area contributed by atoms with Gasteiger partial charge in [-0.25, -0.2) is 9.59 Å². The van der Waals surface area contributed by atoms with Gasteiger partial charge in [0.15, 0.2) is 0 Å². The Labute approximate surface area is 365 Å². The molecule has 62 heavy (non-hydrogen) atoms. The van der Waals surface area contributed by atoms with Crippen molar-refractivity contribution in [2.75, 3.05) is 32.7 Å². The first-order valence-corrected chi connectivity index (χ1v) is 21.9. The molecule has 0 bridgehead atoms. The maximum Gasteiger partial charge on any atom is 0.407 e. The average Bonchev–Trinajstić information content (AvgIpc) is 3.20. The van der Waals surface area contributed by atoms with Gasteiger partial charge in [-0.2, -0.15) is 0 Å². The Bertz CT molecular complexity index is 1820. The van der Waals surface area contributed by atoms with Gasteiger partial charge in [0, 0.05) is 57.4 Å². The zero-order valence-corrected chi connectivity index (χ0v) is 37.2. The topological polar surface area (TPSA) is 216 Å². The molecule has 1 spiro atoms. The van der Waals surface area contributed by atoms with Crippen LogP contribution < -0.4 is 26.6 Å². The molecule has 16 heteroatoms. The van der Waals surface area contributed by atoms with E-state index < -0.39 is 59.7 Å². The van der Waals surface area contributed by atoms with E-state index in [0.29, 0.717) is 57.5 Å². The summed E-state index contributed by atoms with van der Waals surface area (Å²) in [5.41, 5.74) is 0.770. The minimum atomic E-state index is -1.40. The van der Waals surface area contributed by atoms with Gasteiger partial charge in [-0.05, 0) is 76.3 Å². The van der Waals surface area contributed by atoms with Crippen molar-refractivity contribution >= 4 is 41.7 Å². The van der Waals surface area contributed by atoms with E-state index in [1.54, 1.807) is 80.3 Å². The summed E-state index contributed by atoms with van der Waals surface area (Å²) in [7, 11) is 0. The number of nitrogens with one attached hydrogen (secondary N) is 5. The first-order valence-electron chi connectivity index (χ1n) is 21.9. The SMILES string of the molecule is CCC(=O)N1CC2(CCN(C(=O)C(CCCCNC(=O)OC(C)(C)C)NC(=O)C(CC(C)C)NC(=O)C(Cc3ccccc3)NC(=O)C(Cc3ccccc3)NC(=O)O)CC2)C1. The lowest BCUT2D eigenvalue weighted by Gasteiger charge is -2.54. The summed E-state index contributed by atoms with van der Waals surface area (Å²) in [5.74, 6) is -2.09. The van der Waals surface area contributed by atoms with E-state index in [1.807, 2.05) is 31.7 Å². The molecule has 0 radical (unpaired) electrons. The number of unbranched alkanes of at least 4 members (excludes halogenated alkanes) is 1. The summed E-state index contributed by atoms with van der Waals surface area (Å²) in [6.07, 6.45) is 1.57. The van der Waals surface area contributed by atoms with Gasteiger partial charge in [-0.3, -0.25) is 24.0 Å². The predicted octanol–water partition coefficient (Wildman–Crippen LogP) is 4.16. The van der Waals surface area contributed by atoms with Crippen LogP contribution >= 0.6 is 0 Å². The van der Waals surface area contributed by atoms with Gasteiger partial charge in [-0.15, -0.1) is 0 Å². The van der Waals surface area contributed by atoms with Gasteiger partial charge in [0.05, 0.1) is 0 Å². The second-order valence-electron chi connectivity index (χ2n) is 18.0. The minimum absolute atomic E-state index is 0.0166. The molecule has 2 fully saturated rings. The molecule has 7 amide bonds. The van der Waals surface area contributed by atoms with E-state index in [0.717, 1.165) is 18.4 Å². The Morgan fingerprint density at radius 1 is 0.710 bits per heavy atom. The molecule has 2 heterocycles. The molecule has 2 saturated heterocycles. The highest BCUT2D eigenvalue weighted by atomic mass is 16.6. The van der Waals surface area contributed by atoms with Crippen molar-refractivity contribution in [2.24, 2.45) is 11.3 Å². The van der Waals surface area contributed by atoms with Crippen LogP contribution in [-0.2, 0) is 41.6 Å². The smallest absolute Gasteiger partial charge is 0.407 e. The number of hydrogen-bond acceptors (Lipinski definition) is 8. The summed E-state index contributed by atoms with van der Waals surface area (Å²) in [5, 5.41) is 23.2. The quantitative estimate of drug-likeness (QED) is 0.105. The molecule has 2 aliphatic heterocycles. The summed E-state index contributed by atoms with van der Waals surface area (Å²) in [6.45, 7) is 13.6. The number of amides is 7. The molecular weight excluding hydrogens is 795 g/mol. The van der Waals surface area contributed by atoms with E-state index in [4.69, 9.17) is 4.74 Å². The van der Waals surface area contributed by atoms with Crippen molar-refractivity contribution in [3.8, 4) is 0 Å².